The van der Waals surface area contributed by atoms with Crippen LogP contribution >= 0.6 is 22.6 Å². The van der Waals surface area contributed by atoms with E-state index in [4.69, 9.17) is 5.11 Å². The molecule has 2 N–H and O–H groups in total. The third-order valence-corrected chi connectivity index (χ3v) is 2.31. The molecule has 2 aromatic rings. The van der Waals surface area contributed by atoms with Gasteiger partial charge in [-0.15, -0.1) is 0 Å². The number of nitrogens with zero attached hydrogens (tertiary/aromatic N) is 1. The molecule has 5 heteroatoms. The van der Waals surface area contributed by atoms with E-state index in [1.165, 1.54) is 12.3 Å². The number of aromatic carboxylic acids is 1. The van der Waals surface area contributed by atoms with E-state index in [-0.39, 0.29) is 5.56 Å². The number of aromatic nitrogens is 2. The molecule has 2 rings (SSSR count). The highest BCUT2D eigenvalue weighted by molar-refractivity contribution is 14.1. The summed E-state index contributed by atoms with van der Waals surface area (Å²) in [6.07, 6.45) is 1.48. The average molecular weight is 288 g/mol. The number of fused-ring (bicyclic) bond motifs is 1. The number of carbonyl (C=O) groups is 1. The van der Waals surface area contributed by atoms with Gasteiger partial charge in [0.1, 0.15) is 5.65 Å². The van der Waals surface area contributed by atoms with Crippen molar-refractivity contribution in [1.29, 1.82) is 0 Å². The zero-order valence-corrected chi connectivity index (χ0v) is 8.57. The second-order valence-electron chi connectivity index (χ2n) is 2.54. The van der Waals surface area contributed by atoms with Crippen LogP contribution in [0, 0.1) is 3.70 Å². The molecule has 0 spiro atoms. The predicted molar refractivity (Wildman–Crippen MR) is 55.8 cm³/mol. The summed E-state index contributed by atoms with van der Waals surface area (Å²) in [6, 6.07) is 3.26. The van der Waals surface area contributed by atoms with Crippen molar-refractivity contribution in [3.05, 3.63) is 27.6 Å². The molecule has 0 bridgehead atoms. The van der Waals surface area contributed by atoms with Crippen molar-refractivity contribution in [2.24, 2.45) is 0 Å². The van der Waals surface area contributed by atoms with Crippen LogP contribution in [0.2, 0.25) is 0 Å². The van der Waals surface area contributed by atoms with Gasteiger partial charge >= 0.3 is 5.97 Å². The molecule has 0 aliphatic rings. The third-order valence-electron chi connectivity index (χ3n) is 1.73. The van der Waals surface area contributed by atoms with Gasteiger partial charge in [0.25, 0.3) is 0 Å². The molecule has 4 nitrogen and oxygen atoms in total. The van der Waals surface area contributed by atoms with E-state index in [1.54, 1.807) is 6.07 Å². The normalized spacial score (nSPS) is 10.5. The van der Waals surface area contributed by atoms with Crippen molar-refractivity contribution in [2.75, 3.05) is 0 Å². The smallest absolute Gasteiger partial charge is 0.336 e. The Morgan fingerprint density at radius 1 is 1.62 bits per heavy atom. The SMILES string of the molecule is O=C(O)c1ccnc2[nH]c(I)cc12. The summed E-state index contributed by atoms with van der Waals surface area (Å²) in [6.45, 7) is 0. The Labute approximate surface area is 87.1 Å². The average Bonchev–Trinajstić information content (AvgIpc) is 2.43. The van der Waals surface area contributed by atoms with E-state index in [0.29, 0.717) is 11.0 Å². The Bertz CT molecular complexity index is 478. The Balaban J connectivity index is 2.82. The lowest BCUT2D eigenvalue weighted by Crippen LogP contribution is -1.96. The number of carboxylic acid groups (broad SMARTS) is 1. The summed E-state index contributed by atoms with van der Waals surface area (Å²) in [5, 5.41) is 9.50. The predicted octanol–water partition coefficient (Wildman–Crippen LogP) is 1.87. The van der Waals surface area contributed by atoms with Gasteiger partial charge in [-0.2, -0.15) is 0 Å². The molecular weight excluding hydrogens is 283 g/mol. The second kappa shape index (κ2) is 2.99. The molecule has 0 atom stereocenters. The fourth-order valence-electron chi connectivity index (χ4n) is 1.18. The van der Waals surface area contributed by atoms with Gasteiger partial charge in [0.05, 0.1) is 9.26 Å². The van der Waals surface area contributed by atoms with Crippen LogP contribution in [0.15, 0.2) is 18.3 Å². The lowest BCUT2D eigenvalue weighted by Gasteiger charge is -1.94. The monoisotopic (exact) mass is 288 g/mol. The van der Waals surface area contributed by atoms with Crippen LogP contribution in [-0.2, 0) is 0 Å². The van der Waals surface area contributed by atoms with Gasteiger partial charge in [-0.3, -0.25) is 0 Å². The van der Waals surface area contributed by atoms with Gasteiger partial charge in [-0.25, -0.2) is 9.78 Å². The molecule has 0 radical (unpaired) electrons. The van der Waals surface area contributed by atoms with Crippen LogP contribution in [-0.4, -0.2) is 21.0 Å². The Kier molecular flexibility index (Phi) is 1.95. The zero-order valence-electron chi connectivity index (χ0n) is 6.41. The second-order valence-corrected chi connectivity index (χ2v) is 3.71. The van der Waals surface area contributed by atoms with Crippen molar-refractivity contribution in [3.8, 4) is 0 Å². The molecule has 66 valence electrons. The van der Waals surface area contributed by atoms with E-state index in [2.05, 4.69) is 32.6 Å². The summed E-state index contributed by atoms with van der Waals surface area (Å²) in [4.78, 5) is 17.8. The zero-order chi connectivity index (χ0) is 9.42. The van der Waals surface area contributed by atoms with Gasteiger partial charge in [-0.05, 0) is 34.7 Å². The summed E-state index contributed by atoms with van der Waals surface area (Å²) in [7, 11) is 0. The highest BCUT2D eigenvalue weighted by atomic mass is 127. The minimum atomic E-state index is -0.928. The molecule has 0 saturated heterocycles. The first-order valence-electron chi connectivity index (χ1n) is 3.55. The molecular formula is C8H5IN2O2. The lowest BCUT2D eigenvalue weighted by molar-refractivity contribution is 0.0699. The Morgan fingerprint density at radius 3 is 3.08 bits per heavy atom. The van der Waals surface area contributed by atoms with Crippen LogP contribution in [0.3, 0.4) is 0 Å². The highest BCUT2D eigenvalue weighted by Gasteiger charge is 2.10. The summed E-state index contributed by atoms with van der Waals surface area (Å²) in [5.74, 6) is -0.928. The number of carboxylic acids is 1. The number of pyridine rings is 1. The van der Waals surface area contributed by atoms with Crippen LogP contribution in [0.4, 0.5) is 0 Å². The lowest BCUT2D eigenvalue weighted by atomic mass is 10.2. The molecule has 0 aromatic carbocycles. The number of nitrogens with one attached hydrogen (secondary N) is 1. The van der Waals surface area contributed by atoms with Gasteiger partial charge in [0.2, 0.25) is 0 Å². The van der Waals surface area contributed by atoms with Crippen LogP contribution in [0.25, 0.3) is 11.0 Å². The van der Waals surface area contributed by atoms with E-state index in [1.807, 2.05) is 0 Å². The molecule has 13 heavy (non-hydrogen) atoms. The number of halogens is 1. The molecule has 0 aliphatic carbocycles. The fraction of sp³-hybridized carbons (Fsp3) is 0. The Morgan fingerprint density at radius 2 is 2.38 bits per heavy atom. The molecule has 0 aliphatic heterocycles. The molecule has 2 heterocycles. The quantitative estimate of drug-likeness (QED) is 0.787. The van der Waals surface area contributed by atoms with Crippen molar-refractivity contribution in [2.45, 2.75) is 0 Å². The topological polar surface area (TPSA) is 66.0 Å². The molecule has 2 aromatic heterocycles. The van der Waals surface area contributed by atoms with Gasteiger partial charge in [0, 0.05) is 11.6 Å². The van der Waals surface area contributed by atoms with Crippen LogP contribution < -0.4 is 0 Å². The van der Waals surface area contributed by atoms with Crippen molar-refractivity contribution >= 4 is 39.6 Å². The maximum atomic E-state index is 10.8. The number of hydrogen-bond donors (Lipinski definition) is 2. The largest absolute Gasteiger partial charge is 0.478 e. The molecule has 0 fully saturated rings. The standard InChI is InChI=1S/C8H5IN2O2/c9-6-3-5-4(8(12)13)1-2-10-7(5)11-6/h1-3H,(H,10,11)(H,12,13). The van der Waals surface area contributed by atoms with Crippen molar-refractivity contribution in [3.63, 3.8) is 0 Å². The number of hydrogen-bond acceptors (Lipinski definition) is 2. The van der Waals surface area contributed by atoms with Crippen molar-refractivity contribution in [1.82, 2.24) is 9.97 Å². The number of rotatable bonds is 1. The first-order valence-corrected chi connectivity index (χ1v) is 4.63. The maximum absolute atomic E-state index is 10.8. The van der Waals surface area contributed by atoms with Crippen LogP contribution in [0.1, 0.15) is 10.4 Å². The summed E-state index contributed by atoms with van der Waals surface area (Å²) >= 11 is 2.08. The number of aromatic amines is 1. The Hall–Kier alpha value is -1.11. The minimum Gasteiger partial charge on any atom is -0.478 e. The highest BCUT2D eigenvalue weighted by Crippen LogP contribution is 2.18. The summed E-state index contributed by atoms with van der Waals surface area (Å²) < 4.78 is 0.883. The van der Waals surface area contributed by atoms with E-state index < -0.39 is 5.97 Å². The maximum Gasteiger partial charge on any atom is 0.336 e. The molecule has 0 saturated carbocycles. The molecule has 0 amide bonds. The molecule has 0 unspecified atom stereocenters. The van der Waals surface area contributed by atoms with Crippen LogP contribution in [0.5, 0.6) is 0 Å². The first kappa shape index (κ1) is 8.49. The fourth-order valence-corrected chi connectivity index (χ4v) is 1.75. The first-order chi connectivity index (χ1) is 6.18. The minimum absolute atomic E-state index is 0.282. The van der Waals surface area contributed by atoms with E-state index in [9.17, 15) is 4.79 Å². The van der Waals surface area contributed by atoms with Gasteiger partial charge < -0.3 is 10.1 Å². The van der Waals surface area contributed by atoms with E-state index in [0.717, 1.165) is 3.70 Å². The van der Waals surface area contributed by atoms with E-state index >= 15 is 0 Å². The van der Waals surface area contributed by atoms with Gasteiger partial charge in [-0.1, -0.05) is 0 Å². The number of H-pyrrole nitrogens is 1. The van der Waals surface area contributed by atoms with Crippen molar-refractivity contribution < 1.29 is 9.90 Å². The summed E-state index contributed by atoms with van der Waals surface area (Å²) in [5.41, 5.74) is 0.897. The van der Waals surface area contributed by atoms with Gasteiger partial charge in [0.15, 0.2) is 0 Å². The third kappa shape index (κ3) is 1.39.